The maximum atomic E-state index is 9.52. The van der Waals surface area contributed by atoms with Crippen LogP contribution in [0.1, 0.15) is 0 Å². The Hall–Kier alpha value is -1.11. The fourth-order valence-electron chi connectivity index (χ4n) is 1.33. The predicted octanol–water partition coefficient (Wildman–Crippen LogP) is 0.829. The minimum Gasteiger partial charge on any atom is -0.390 e. The number of ether oxygens (including phenoxy) is 1. The minimum atomic E-state index is -0.480. The summed E-state index contributed by atoms with van der Waals surface area (Å²) >= 11 is 1.46. The number of aliphatic hydroxyl groups is 1. The van der Waals surface area contributed by atoms with Gasteiger partial charge in [0.05, 0.1) is 12.7 Å². The Morgan fingerprint density at radius 1 is 1.50 bits per heavy atom. The van der Waals surface area contributed by atoms with Crippen molar-refractivity contribution >= 4 is 17.4 Å². The quantitative estimate of drug-likeness (QED) is 0.783. The van der Waals surface area contributed by atoms with E-state index < -0.39 is 6.10 Å². The molecule has 1 N–H and O–H groups in total. The lowest BCUT2D eigenvalue weighted by Crippen LogP contribution is -2.16. The van der Waals surface area contributed by atoms with Gasteiger partial charge in [0.15, 0.2) is 10.8 Å². The molecule has 2 rings (SSSR count). The number of thioether (sulfide) groups is 1. The summed E-state index contributed by atoms with van der Waals surface area (Å²) in [5.41, 5.74) is 0.811. The summed E-state index contributed by atoms with van der Waals surface area (Å²) in [6.45, 7) is 0.337. The van der Waals surface area contributed by atoms with Crippen LogP contribution < -0.4 is 0 Å². The largest absolute Gasteiger partial charge is 0.390 e. The summed E-state index contributed by atoms with van der Waals surface area (Å²) in [6.07, 6.45) is 1.42. The molecule has 1 atom stereocenters. The highest BCUT2D eigenvalue weighted by atomic mass is 32.2. The van der Waals surface area contributed by atoms with Crippen LogP contribution in [0.15, 0.2) is 29.6 Å². The first-order valence-electron chi connectivity index (χ1n) is 4.91. The van der Waals surface area contributed by atoms with E-state index >= 15 is 0 Å². The van der Waals surface area contributed by atoms with Crippen molar-refractivity contribution in [2.45, 2.75) is 11.3 Å². The Balaban J connectivity index is 2.04. The van der Waals surface area contributed by atoms with Crippen LogP contribution in [-0.2, 0) is 4.74 Å². The molecule has 6 heteroatoms. The molecule has 86 valence electrons. The molecule has 2 aromatic rings. The zero-order chi connectivity index (χ0) is 11.4. The number of aliphatic hydroxyl groups excluding tert-OH is 1. The lowest BCUT2D eigenvalue weighted by Gasteiger charge is -2.07. The first-order valence-corrected chi connectivity index (χ1v) is 5.89. The third-order valence-electron chi connectivity index (χ3n) is 2.05. The van der Waals surface area contributed by atoms with Gasteiger partial charge in [-0.3, -0.25) is 4.40 Å². The summed E-state index contributed by atoms with van der Waals surface area (Å²) in [6, 6.07) is 5.73. The van der Waals surface area contributed by atoms with E-state index in [1.54, 1.807) is 7.11 Å². The molecule has 0 saturated heterocycles. The fraction of sp³-hybridized carbons (Fsp3) is 0.400. The van der Waals surface area contributed by atoms with E-state index in [0.717, 1.165) is 10.8 Å². The molecule has 2 aromatic heterocycles. The standard InChI is InChI=1S/C10H13N3O2S/c1-15-6-8(14)7-16-10-12-11-9-4-2-3-5-13(9)10/h2-5,8,14H,6-7H2,1H3. The average Bonchev–Trinajstić information content (AvgIpc) is 2.70. The average molecular weight is 239 g/mol. The number of nitrogens with zero attached hydrogens (tertiary/aromatic N) is 3. The summed E-state index contributed by atoms with van der Waals surface area (Å²) in [4.78, 5) is 0. The highest BCUT2D eigenvalue weighted by Crippen LogP contribution is 2.17. The summed E-state index contributed by atoms with van der Waals surface area (Å²) in [7, 11) is 1.57. The van der Waals surface area contributed by atoms with Gasteiger partial charge in [-0.25, -0.2) is 0 Å². The summed E-state index contributed by atoms with van der Waals surface area (Å²) < 4.78 is 6.75. The van der Waals surface area contributed by atoms with Crippen LogP contribution in [0.5, 0.6) is 0 Å². The molecule has 0 bridgehead atoms. The number of fused-ring (bicyclic) bond motifs is 1. The van der Waals surface area contributed by atoms with Gasteiger partial charge in [-0.15, -0.1) is 10.2 Å². The number of rotatable bonds is 5. The maximum Gasteiger partial charge on any atom is 0.195 e. The van der Waals surface area contributed by atoms with E-state index in [1.807, 2.05) is 28.8 Å². The molecule has 2 heterocycles. The van der Waals surface area contributed by atoms with Gasteiger partial charge >= 0.3 is 0 Å². The molecule has 0 fully saturated rings. The van der Waals surface area contributed by atoms with Gasteiger partial charge in [0.25, 0.3) is 0 Å². The van der Waals surface area contributed by atoms with E-state index in [0.29, 0.717) is 12.4 Å². The number of pyridine rings is 1. The Kier molecular flexibility index (Phi) is 3.76. The van der Waals surface area contributed by atoms with Crippen LogP contribution in [0.25, 0.3) is 5.65 Å². The summed E-state index contributed by atoms with van der Waals surface area (Å²) in [5.74, 6) is 0.545. The SMILES string of the molecule is COCC(O)CSc1nnc2ccccn12. The minimum absolute atomic E-state index is 0.337. The van der Waals surface area contributed by atoms with Gasteiger partial charge in [0.1, 0.15) is 0 Å². The monoisotopic (exact) mass is 239 g/mol. The van der Waals surface area contributed by atoms with Crippen molar-refractivity contribution in [3.05, 3.63) is 24.4 Å². The molecule has 0 radical (unpaired) electrons. The predicted molar refractivity (Wildman–Crippen MR) is 61.6 cm³/mol. The normalized spacial score (nSPS) is 13.1. The van der Waals surface area contributed by atoms with Crippen LogP contribution in [0.4, 0.5) is 0 Å². The first kappa shape index (κ1) is 11.4. The van der Waals surface area contributed by atoms with Gasteiger partial charge in [-0.1, -0.05) is 17.8 Å². The second-order valence-corrected chi connectivity index (χ2v) is 4.32. The molecule has 0 aliphatic heterocycles. The molecule has 0 amide bonds. The number of hydrogen-bond donors (Lipinski definition) is 1. The van der Waals surface area contributed by atoms with Crippen molar-refractivity contribution in [2.75, 3.05) is 19.5 Å². The number of methoxy groups -OCH3 is 1. The third-order valence-corrected chi connectivity index (χ3v) is 3.13. The van der Waals surface area contributed by atoms with Crippen LogP contribution in [-0.4, -0.2) is 45.3 Å². The van der Waals surface area contributed by atoms with Gasteiger partial charge in [0.2, 0.25) is 0 Å². The molecular formula is C10H13N3O2S. The Morgan fingerprint density at radius 2 is 2.38 bits per heavy atom. The van der Waals surface area contributed by atoms with Gasteiger partial charge in [-0.2, -0.15) is 0 Å². The lowest BCUT2D eigenvalue weighted by atomic mass is 10.4. The Bertz CT molecular complexity index is 460. The number of hydrogen-bond acceptors (Lipinski definition) is 5. The lowest BCUT2D eigenvalue weighted by molar-refractivity contribution is 0.0793. The molecule has 16 heavy (non-hydrogen) atoms. The van der Waals surface area contributed by atoms with Crippen LogP contribution >= 0.6 is 11.8 Å². The van der Waals surface area contributed by atoms with Gasteiger partial charge in [-0.05, 0) is 12.1 Å². The van der Waals surface area contributed by atoms with Crippen molar-refractivity contribution in [1.29, 1.82) is 0 Å². The molecule has 0 aliphatic rings. The molecular weight excluding hydrogens is 226 g/mol. The molecule has 1 unspecified atom stereocenters. The van der Waals surface area contributed by atoms with E-state index in [9.17, 15) is 5.11 Å². The van der Waals surface area contributed by atoms with E-state index in [2.05, 4.69) is 10.2 Å². The highest BCUT2D eigenvalue weighted by Gasteiger charge is 2.09. The van der Waals surface area contributed by atoms with Crippen molar-refractivity contribution in [2.24, 2.45) is 0 Å². The smallest absolute Gasteiger partial charge is 0.195 e. The maximum absolute atomic E-state index is 9.52. The van der Waals surface area contributed by atoms with Gasteiger partial charge in [0, 0.05) is 19.1 Å². The Labute approximate surface area is 97.4 Å². The Morgan fingerprint density at radius 3 is 3.19 bits per heavy atom. The summed E-state index contributed by atoms with van der Waals surface area (Å²) in [5, 5.41) is 18.4. The van der Waals surface area contributed by atoms with Crippen LogP contribution in [0.3, 0.4) is 0 Å². The van der Waals surface area contributed by atoms with Crippen molar-refractivity contribution in [1.82, 2.24) is 14.6 Å². The zero-order valence-corrected chi connectivity index (χ0v) is 9.72. The second-order valence-electron chi connectivity index (χ2n) is 3.33. The van der Waals surface area contributed by atoms with Crippen molar-refractivity contribution in [3.63, 3.8) is 0 Å². The molecule has 0 aliphatic carbocycles. The highest BCUT2D eigenvalue weighted by molar-refractivity contribution is 7.99. The van der Waals surface area contributed by atoms with Crippen LogP contribution in [0.2, 0.25) is 0 Å². The van der Waals surface area contributed by atoms with E-state index in [1.165, 1.54) is 11.8 Å². The molecule has 0 aromatic carbocycles. The van der Waals surface area contributed by atoms with Crippen molar-refractivity contribution < 1.29 is 9.84 Å². The fourth-order valence-corrected chi connectivity index (χ4v) is 2.16. The zero-order valence-electron chi connectivity index (χ0n) is 8.91. The van der Waals surface area contributed by atoms with Crippen LogP contribution in [0, 0.1) is 0 Å². The van der Waals surface area contributed by atoms with E-state index in [-0.39, 0.29) is 0 Å². The third kappa shape index (κ3) is 2.52. The topological polar surface area (TPSA) is 59.7 Å². The first-order chi connectivity index (χ1) is 7.81. The van der Waals surface area contributed by atoms with Crippen molar-refractivity contribution in [3.8, 4) is 0 Å². The second kappa shape index (κ2) is 5.29. The number of aromatic nitrogens is 3. The molecule has 0 saturated carbocycles. The van der Waals surface area contributed by atoms with E-state index in [4.69, 9.17) is 4.74 Å². The van der Waals surface area contributed by atoms with Gasteiger partial charge < -0.3 is 9.84 Å². The molecule has 5 nitrogen and oxygen atoms in total. The molecule has 0 spiro atoms.